The van der Waals surface area contributed by atoms with Gasteiger partial charge in [-0.2, -0.15) is 0 Å². The Kier molecular flexibility index (Phi) is 3.30. The molecule has 1 aliphatic carbocycles. The number of carbonyl (C=O) groups excluding carboxylic acids is 1. The van der Waals surface area contributed by atoms with Crippen LogP contribution in [-0.4, -0.2) is 48.0 Å². The molecule has 2 unspecified atom stereocenters. The topological polar surface area (TPSA) is 66.7 Å². The number of hydrogen-bond donors (Lipinski definition) is 0. The molecule has 1 aliphatic heterocycles. The first-order valence-corrected chi connectivity index (χ1v) is 6.89. The van der Waals surface area contributed by atoms with Crippen LogP contribution in [-0.2, 0) is 4.79 Å². The highest BCUT2D eigenvalue weighted by Gasteiger charge is 2.54. The van der Waals surface area contributed by atoms with Gasteiger partial charge in [0.15, 0.2) is 0 Å². The summed E-state index contributed by atoms with van der Waals surface area (Å²) >= 11 is 0. The largest absolute Gasteiger partial charge is 0.368 e. The Morgan fingerprint density at radius 2 is 1.80 bits per heavy atom. The fraction of sp³-hybridized carbons (Fsp3) is 0.500. The fourth-order valence-electron chi connectivity index (χ4n) is 2.74. The summed E-state index contributed by atoms with van der Waals surface area (Å²) in [6.45, 7) is 2.86. The van der Waals surface area contributed by atoms with E-state index in [-0.39, 0.29) is 16.7 Å². The van der Waals surface area contributed by atoms with E-state index >= 15 is 0 Å². The molecule has 6 heteroatoms. The van der Waals surface area contributed by atoms with Crippen LogP contribution in [0.1, 0.15) is 6.42 Å². The molecule has 0 N–H and O–H groups in total. The minimum absolute atomic E-state index is 0.0422. The number of amides is 1. The van der Waals surface area contributed by atoms with E-state index in [2.05, 4.69) is 17.0 Å². The van der Waals surface area contributed by atoms with Gasteiger partial charge in [-0.3, -0.25) is 14.9 Å². The normalized spacial score (nSPS) is 25.4. The maximum atomic E-state index is 12.1. The van der Waals surface area contributed by atoms with Crippen LogP contribution in [0.25, 0.3) is 0 Å². The van der Waals surface area contributed by atoms with Gasteiger partial charge in [0.25, 0.3) is 0 Å². The first kappa shape index (κ1) is 12.9. The summed E-state index contributed by atoms with van der Waals surface area (Å²) in [5, 5.41) is 10.6. The molecule has 0 radical (unpaired) electrons. The third-order valence-corrected chi connectivity index (χ3v) is 4.06. The number of nitro groups is 1. The van der Waals surface area contributed by atoms with Crippen LogP contribution in [0, 0.1) is 16.0 Å². The third kappa shape index (κ3) is 2.45. The molecule has 2 atom stereocenters. The average Bonchev–Trinajstić information content (AvgIpc) is 3.28. The van der Waals surface area contributed by atoms with Crippen molar-refractivity contribution in [1.82, 2.24) is 4.90 Å². The van der Waals surface area contributed by atoms with Gasteiger partial charge in [0, 0.05) is 43.2 Å². The first-order chi connectivity index (χ1) is 9.66. The van der Waals surface area contributed by atoms with Crippen molar-refractivity contribution >= 4 is 11.6 Å². The minimum atomic E-state index is -0.644. The van der Waals surface area contributed by atoms with Crippen LogP contribution in [0.15, 0.2) is 30.3 Å². The standard InChI is InChI=1S/C14H17N3O3/c18-14(12-10-13(12)17(19)20)16-8-6-15(7-9-16)11-4-2-1-3-5-11/h1-5,12-13H,6-10H2. The van der Waals surface area contributed by atoms with Gasteiger partial charge >= 0.3 is 0 Å². The van der Waals surface area contributed by atoms with Crippen molar-refractivity contribution in [2.45, 2.75) is 12.5 Å². The van der Waals surface area contributed by atoms with Crippen LogP contribution in [0.2, 0.25) is 0 Å². The fourth-order valence-corrected chi connectivity index (χ4v) is 2.74. The molecule has 1 aromatic carbocycles. The summed E-state index contributed by atoms with van der Waals surface area (Å²) in [6.07, 6.45) is 0.407. The van der Waals surface area contributed by atoms with E-state index in [1.807, 2.05) is 18.2 Å². The van der Waals surface area contributed by atoms with Gasteiger partial charge in [-0.1, -0.05) is 18.2 Å². The number of benzene rings is 1. The van der Waals surface area contributed by atoms with E-state index in [1.165, 1.54) is 0 Å². The maximum Gasteiger partial charge on any atom is 0.233 e. The Morgan fingerprint density at radius 3 is 2.35 bits per heavy atom. The Morgan fingerprint density at radius 1 is 1.15 bits per heavy atom. The van der Waals surface area contributed by atoms with Gasteiger partial charge in [-0.05, 0) is 12.1 Å². The summed E-state index contributed by atoms with van der Waals surface area (Å²) in [5.41, 5.74) is 1.16. The molecular formula is C14H17N3O3. The molecular weight excluding hydrogens is 258 g/mol. The Balaban J connectivity index is 1.54. The van der Waals surface area contributed by atoms with Crippen molar-refractivity contribution in [3.63, 3.8) is 0 Å². The average molecular weight is 275 g/mol. The monoisotopic (exact) mass is 275 g/mol. The van der Waals surface area contributed by atoms with Crippen molar-refractivity contribution in [2.75, 3.05) is 31.1 Å². The number of piperazine rings is 1. The molecule has 0 spiro atoms. The van der Waals surface area contributed by atoms with Gasteiger partial charge in [0.05, 0.1) is 0 Å². The van der Waals surface area contributed by atoms with Crippen LogP contribution in [0.4, 0.5) is 5.69 Å². The van der Waals surface area contributed by atoms with Crippen LogP contribution >= 0.6 is 0 Å². The molecule has 1 aromatic rings. The molecule has 0 bridgehead atoms. The lowest BCUT2D eigenvalue weighted by Gasteiger charge is -2.36. The highest BCUT2D eigenvalue weighted by Crippen LogP contribution is 2.35. The zero-order chi connectivity index (χ0) is 14.1. The molecule has 2 aliphatic rings. The second-order valence-corrected chi connectivity index (χ2v) is 5.34. The van der Waals surface area contributed by atoms with Crippen molar-refractivity contribution in [2.24, 2.45) is 5.92 Å². The van der Waals surface area contributed by atoms with Crippen molar-refractivity contribution < 1.29 is 9.72 Å². The number of carbonyl (C=O) groups is 1. The van der Waals surface area contributed by atoms with Gasteiger partial charge in [0.1, 0.15) is 5.92 Å². The van der Waals surface area contributed by atoms with Gasteiger partial charge in [0.2, 0.25) is 11.9 Å². The molecule has 6 nitrogen and oxygen atoms in total. The molecule has 2 fully saturated rings. The number of anilines is 1. The maximum absolute atomic E-state index is 12.1. The van der Waals surface area contributed by atoms with Crippen molar-refractivity contribution in [3.05, 3.63) is 40.4 Å². The van der Waals surface area contributed by atoms with E-state index < -0.39 is 6.04 Å². The number of para-hydroxylation sites is 1. The number of nitrogens with zero attached hydrogens (tertiary/aromatic N) is 3. The summed E-state index contributed by atoms with van der Waals surface area (Å²) < 4.78 is 0. The molecule has 20 heavy (non-hydrogen) atoms. The van der Waals surface area contributed by atoms with E-state index in [1.54, 1.807) is 4.90 Å². The quantitative estimate of drug-likeness (QED) is 0.609. The van der Waals surface area contributed by atoms with Gasteiger partial charge < -0.3 is 9.80 Å². The van der Waals surface area contributed by atoms with Crippen LogP contribution in [0.3, 0.4) is 0 Å². The first-order valence-electron chi connectivity index (χ1n) is 6.89. The molecule has 1 heterocycles. The third-order valence-electron chi connectivity index (χ3n) is 4.06. The number of hydrogen-bond acceptors (Lipinski definition) is 4. The van der Waals surface area contributed by atoms with Crippen molar-refractivity contribution in [1.29, 1.82) is 0 Å². The lowest BCUT2D eigenvalue weighted by atomic mass is 10.2. The molecule has 0 aromatic heterocycles. The van der Waals surface area contributed by atoms with Gasteiger partial charge in [-0.15, -0.1) is 0 Å². The Labute approximate surface area is 117 Å². The summed E-state index contributed by atoms with van der Waals surface area (Å²) in [4.78, 5) is 26.4. The lowest BCUT2D eigenvalue weighted by molar-refractivity contribution is -0.497. The SMILES string of the molecule is O=C(C1CC1[N+](=O)[O-])N1CCN(c2ccccc2)CC1. The van der Waals surface area contributed by atoms with Crippen LogP contribution in [0.5, 0.6) is 0 Å². The smallest absolute Gasteiger partial charge is 0.233 e. The highest BCUT2D eigenvalue weighted by atomic mass is 16.6. The van der Waals surface area contributed by atoms with Crippen LogP contribution < -0.4 is 4.90 Å². The highest BCUT2D eigenvalue weighted by molar-refractivity contribution is 5.82. The molecule has 106 valence electrons. The summed E-state index contributed by atoms with van der Waals surface area (Å²) in [7, 11) is 0. The number of rotatable bonds is 3. The molecule has 1 saturated heterocycles. The van der Waals surface area contributed by atoms with Gasteiger partial charge in [-0.25, -0.2) is 0 Å². The molecule has 1 saturated carbocycles. The Hall–Kier alpha value is -2.11. The lowest BCUT2D eigenvalue weighted by Crippen LogP contribution is -2.49. The summed E-state index contributed by atoms with van der Waals surface area (Å²) in [5.74, 6) is -0.423. The van der Waals surface area contributed by atoms with Crippen molar-refractivity contribution in [3.8, 4) is 0 Å². The van der Waals surface area contributed by atoms with E-state index in [0.29, 0.717) is 19.5 Å². The second kappa shape index (κ2) is 5.11. The molecule has 3 rings (SSSR count). The predicted molar refractivity (Wildman–Crippen MR) is 74.1 cm³/mol. The summed E-state index contributed by atoms with van der Waals surface area (Å²) in [6, 6.07) is 9.45. The Bertz CT molecular complexity index is 512. The zero-order valence-electron chi connectivity index (χ0n) is 11.1. The zero-order valence-corrected chi connectivity index (χ0v) is 11.1. The predicted octanol–water partition coefficient (Wildman–Crippen LogP) is 1.00. The van der Waals surface area contributed by atoms with E-state index in [4.69, 9.17) is 0 Å². The van der Waals surface area contributed by atoms with E-state index in [0.717, 1.165) is 18.8 Å². The second-order valence-electron chi connectivity index (χ2n) is 5.34. The minimum Gasteiger partial charge on any atom is -0.368 e. The molecule has 1 amide bonds. The van der Waals surface area contributed by atoms with E-state index in [9.17, 15) is 14.9 Å².